The summed E-state index contributed by atoms with van der Waals surface area (Å²) in [6.45, 7) is 3.56. The number of nitrogens with zero attached hydrogens (tertiary/aromatic N) is 1. The molecule has 0 aliphatic heterocycles. The van der Waals surface area contributed by atoms with E-state index in [-0.39, 0.29) is 25.6 Å². The summed E-state index contributed by atoms with van der Waals surface area (Å²) in [7, 11) is 0. The van der Waals surface area contributed by atoms with Crippen LogP contribution in [0.3, 0.4) is 0 Å². The topological polar surface area (TPSA) is 103 Å². The van der Waals surface area contributed by atoms with Crippen molar-refractivity contribution >= 4 is 28.7 Å². The summed E-state index contributed by atoms with van der Waals surface area (Å²) in [5.41, 5.74) is 9.09. The molecule has 5 aromatic carbocycles. The van der Waals surface area contributed by atoms with Crippen molar-refractivity contribution in [1.82, 2.24) is 0 Å². The monoisotopic (exact) mass is 629 g/mol. The second-order valence-electron chi connectivity index (χ2n) is 11.3. The van der Waals surface area contributed by atoms with Gasteiger partial charge in [0.2, 0.25) is 0 Å². The first-order valence-corrected chi connectivity index (χ1v) is 15.4. The Kier molecular flexibility index (Phi) is 11.0. The van der Waals surface area contributed by atoms with Crippen LogP contribution in [0.15, 0.2) is 133 Å². The molecule has 4 N–H and O–H groups in total. The lowest BCUT2D eigenvalue weighted by Gasteiger charge is -2.26. The maximum atomic E-state index is 9.80. The Labute approximate surface area is 275 Å². The van der Waals surface area contributed by atoms with E-state index in [1.54, 1.807) is 12.1 Å². The van der Waals surface area contributed by atoms with Gasteiger partial charge in [-0.3, -0.25) is 0 Å². The van der Waals surface area contributed by atoms with E-state index in [4.69, 9.17) is 14.6 Å². The fraction of sp³-hybridized carbons (Fsp3) is 0.150. The van der Waals surface area contributed by atoms with Crippen molar-refractivity contribution in [2.45, 2.75) is 20.0 Å². The van der Waals surface area contributed by atoms with Crippen LogP contribution in [-0.4, -0.2) is 46.4 Å². The predicted molar refractivity (Wildman–Crippen MR) is 188 cm³/mol. The molecule has 0 amide bonds. The molecular formula is C40H39NO6. The van der Waals surface area contributed by atoms with E-state index in [9.17, 15) is 15.3 Å². The molecule has 1 atom stereocenters. The predicted octanol–water partition coefficient (Wildman–Crippen LogP) is 8.43. The Morgan fingerprint density at radius 1 is 0.702 bits per heavy atom. The number of aliphatic hydroxyl groups excluding tert-OH is 4. The zero-order valence-electron chi connectivity index (χ0n) is 26.5. The van der Waals surface area contributed by atoms with Crippen LogP contribution < -0.4 is 14.4 Å². The first-order valence-electron chi connectivity index (χ1n) is 15.4. The molecule has 5 rings (SSSR count). The minimum Gasteiger partial charge on any atom is -0.512 e. The number of hydrogen-bond acceptors (Lipinski definition) is 7. The third-order valence-electron chi connectivity index (χ3n) is 7.53. The van der Waals surface area contributed by atoms with E-state index in [2.05, 4.69) is 97.6 Å². The second-order valence-corrected chi connectivity index (χ2v) is 11.3. The Balaban J connectivity index is 1.54. The van der Waals surface area contributed by atoms with Gasteiger partial charge in [-0.1, -0.05) is 71.8 Å². The van der Waals surface area contributed by atoms with E-state index < -0.39 is 6.10 Å². The largest absolute Gasteiger partial charge is 0.512 e. The van der Waals surface area contributed by atoms with Gasteiger partial charge in [0.1, 0.15) is 37.1 Å². The Morgan fingerprint density at radius 2 is 1.19 bits per heavy atom. The second kappa shape index (κ2) is 15.7. The van der Waals surface area contributed by atoms with E-state index in [1.807, 2.05) is 36.4 Å². The molecule has 0 fully saturated rings. The molecular weight excluding hydrogens is 590 g/mol. The van der Waals surface area contributed by atoms with Gasteiger partial charge in [0, 0.05) is 17.1 Å². The SMILES string of the molecule is Cc1ccc(N(c2ccc(C)cc2)c2ccc(C=C(c3cccc(OC/C(O)=C/O)c3)c3cccc(OCC(O)CO)c3)cc2)cc1. The van der Waals surface area contributed by atoms with Crippen molar-refractivity contribution in [2.75, 3.05) is 24.7 Å². The van der Waals surface area contributed by atoms with Gasteiger partial charge in [-0.2, -0.15) is 0 Å². The molecule has 0 aliphatic rings. The van der Waals surface area contributed by atoms with Crippen molar-refractivity contribution in [3.63, 3.8) is 0 Å². The summed E-state index contributed by atoms with van der Waals surface area (Å²) in [6, 6.07) is 40.3. The van der Waals surface area contributed by atoms with Crippen LogP contribution in [-0.2, 0) is 0 Å². The minimum absolute atomic E-state index is 0.0376. The highest BCUT2D eigenvalue weighted by molar-refractivity contribution is 5.92. The van der Waals surface area contributed by atoms with Crippen molar-refractivity contribution in [2.24, 2.45) is 0 Å². The fourth-order valence-corrected chi connectivity index (χ4v) is 5.00. The molecule has 0 spiro atoms. The van der Waals surface area contributed by atoms with Crippen LogP contribution in [0.2, 0.25) is 0 Å². The van der Waals surface area contributed by atoms with E-state index >= 15 is 0 Å². The molecule has 47 heavy (non-hydrogen) atoms. The molecule has 0 aromatic heterocycles. The lowest BCUT2D eigenvalue weighted by molar-refractivity contribution is 0.0536. The van der Waals surface area contributed by atoms with Crippen molar-refractivity contribution in [1.29, 1.82) is 0 Å². The van der Waals surface area contributed by atoms with Gasteiger partial charge in [-0.05, 0) is 103 Å². The Hall–Kier alpha value is -5.50. The van der Waals surface area contributed by atoms with E-state index in [0.29, 0.717) is 17.8 Å². The highest BCUT2D eigenvalue weighted by atomic mass is 16.5. The molecule has 0 heterocycles. The zero-order chi connectivity index (χ0) is 33.2. The highest BCUT2D eigenvalue weighted by Gasteiger charge is 2.14. The number of rotatable bonds is 13. The number of ether oxygens (including phenoxy) is 2. The molecule has 0 saturated carbocycles. The van der Waals surface area contributed by atoms with Crippen molar-refractivity contribution in [3.8, 4) is 11.5 Å². The molecule has 0 saturated heterocycles. The first-order chi connectivity index (χ1) is 22.8. The van der Waals surface area contributed by atoms with Crippen LogP contribution in [0.1, 0.15) is 27.8 Å². The van der Waals surface area contributed by atoms with Crippen LogP contribution in [0.5, 0.6) is 11.5 Å². The molecule has 240 valence electrons. The average molecular weight is 630 g/mol. The molecule has 0 aliphatic carbocycles. The van der Waals surface area contributed by atoms with Gasteiger partial charge in [-0.25, -0.2) is 0 Å². The van der Waals surface area contributed by atoms with Crippen molar-refractivity contribution < 1.29 is 29.9 Å². The molecule has 0 radical (unpaired) electrons. The highest BCUT2D eigenvalue weighted by Crippen LogP contribution is 2.36. The standard InChI is InChI=1S/C40H39NO6/c1-28-9-15-33(16-10-28)41(34-17-11-29(2)12-18-34)35-19-13-30(14-20-35)21-40(31-5-3-7-38(22-31)46-26-36(44)24-42)32-6-4-8-39(23-32)47-27-37(45)25-43/h3-24,37,42-45H,25-27H2,1-2H3/b36-24-,40-21?. The lowest BCUT2D eigenvalue weighted by Crippen LogP contribution is -2.21. The Morgan fingerprint density at radius 3 is 1.68 bits per heavy atom. The van der Waals surface area contributed by atoms with Gasteiger partial charge in [0.05, 0.1) is 6.61 Å². The number of hydrogen-bond donors (Lipinski definition) is 4. The first kappa shape index (κ1) is 32.9. The lowest BCUT2D eigenvalue weighted by atomic mass is 9.95. The van der Waals surface area contributed by atoms with Crippen LogP contribution in [0.4, 0.5) is 17.1 Å². The van der Waals surface area contributed by atoms with Crippen LogP contribution in [0, 0.1) is 13.8 Å². The average Bonchev–Trinajstić information content (AvgIpc) is 3.11. The van der Waals surface area contributed by atoms with Gasteiger partial charge in [0.15, 0.2) is 5.76 Å². The van der Waals surface area contributed by atoms with Crippen LogP contribution in [0.25, 0.3) is 11.6 Å². The molecule has 7 heteroatoms. The van der Waals surface area contributed by atoms with E-state index in [1.165, 1.54) is 11.1 Å². The molecule has 1 unspecified atom stereocenters. The minimum atomic E-state index is -0.982. The number of anilines is 3. The third-order valence-corrected chi connectivity index (χ3v) is 7.53. The smallest absolute Gasteiger partial charge is 0.164 e. The summed E-state index contributed by atoms with van der Waals surface area (Å²) >= 11 is 0. The summed E-state index contributed by atoms with van der Waals surface area (Å²) in [5.74, 6) is 0.780. The Bertz CT molecular complexity index is 1770. The maximum absolute atomic E-state index is 9.80. The number of aliphatic hydroxyl groups is 4. The van der Waals surface area contributed by atoms with Gasteiger partial charge < -0.3 is 34.8 Å². The number of aryl methyl sites for hydroxylation is 2. The molecule has 7 nitrogen and oxygen atoms in total. The summed E-state index contributed by atoms with van der Waals surface area (Å²) in [4.78, 5) is 2.23. The zero-order valence-corrected chi connectivity index (χ0v) is 26.5. The van der Waals surface area contributed by atoms with Crippen LogP contribution >= 0.6 is 0 Å². The van der Waals surface area contributed by atoms with Crippen molar-refractivity contribution in [3.05, 3.63) is 161 Å². The maximum Gasteiger partial charge on any atom is 0.164 e. The fourth-order valence-electron chi connectivity index (χ4n) is 5.00. The van der Waals surface area contributed by atoms with Gasteiger partial charge in [0.25, 0.3) is 0 Å². The summed E-state index contributed by atoms with van der Waals surface area (Å²) in [5, 5.41) is 37.7. The quantitative estimate of drug-likeness (QED) is 0.0766. The van der Waals surface area contributed by atoms with Gasteiger partial charge in [-0.15, -0.1) is 0 Å². The summed E-state index contributed by atoms with van der Waals surface area (Å²) in [6.07, 6.45) is 1.71. The molecule has 0 bridgehead atoms. The van der Waals surface area contributed by atoms with E-state index in [0.717, 1.165) is 39.3 Å². The number of benzene rings is 5. The molecule has 5 aromatic rings. The third kappa shape index (κ3) is 8.82. The van der Waals surface area contributed by atoms with Gasteiger partial charge >= 0.3 is 0 Å². The normalized spacial score (nSPS) is 12.4. The summed E-state index contributed by atoms with van der Waals surface area (Å²) < 4.78 is 11.4.